The Balaban J connectivity index is 1.70. The minimum Gasteiger partial charge on any atom is -0.497 e. The maximum atomic E-state index is 12.8. The summed E-state index contributed by atoms with van der Waals surface area (Å²) in [4.78, 5) is 27.9. The van der Waals surface area contributed by atoms with Crippen molar-refractivity contribution < 1.29 is 27.9 Å². The van der Waals surface area contributed by atoms with Crippen LogP contribution in [0.4, 0.5) is 11.4 Å². The first-order chi connectivity index (χ1) is 16.2. The number of benzene rings is 2. The number of anilines is 2. The summed E-state index contributed by atoms with van der Waals surface area (Å²) in [6, 6.07) is 10.4. The summed E-state index contributed by atoms with van der Waals surface area (Å²) in [6.45, 7) is 5.56. The molecule has 0 radical (unpaired) electrons. The van der Waals surface area contributed by atoms with Crippen LogP contribution >= 0.6 is 0 Å². The van der Waals surface area contributed by atoms with Gasteiger partial charge in [0.25, 0.3) is 10.0 Å². The van der Waals surface area contributed by atoms with E-state index in [-0.39, 0.29) is 22.1 Å². The molecule has 1 heterocycles. The number of hydrogen-bond donors (Lipinski definition) is 3. The first-order valence-electron chi connectivity index (χ1n) is 11.0. The number of aromatic carboxylic acids is 1. The van der Waals surface area contributed by atoms with Crippen LogP contribution in [0.15, 0.2) is 47.4 Å². The average molecular weight is 491 g/mol. The fourth-order valence-electron chi connectivity index (χ4n) is 3.64. The Hall–Kier alpha value is -3.31. The van der Waals surface area contributed by atoms with Crippen LogP contribution in [0.25, 0.3) is 0 Å². The first-order valence-corrected chi connectivity index (χ1v) is 12.5. The Morgan fingerprint density at radius 3 is 2.32 bits per heavy atom. The normalized spacial score (nSPS) is 14.5. The highest BCUT2D eigenvalue weighted by Gasteiger charge is 2.23. The topological polar surface area (TPSA) is 128 Å². The van der Waals surface area contributed by atoms with Crippen LogP contribution < -0.4 is 19.7 Å². The van der Waals surface area contributed by atoms with Crippen molar-refractivity contribution >= 4 is 33.3 Å². The molecule has 0 spiro atoms. The van der Waals surface area contributed by atoms with Crippen molar-refractivity contribution in [1.29, 1.82) is 0 Å². The zero-order valence-electron chi connectivity index (χ0n) is 19.3. The minimum atomic E-state index is -3.98. The Kier molecular flexibility index (Phi) is 8.35. The molecule has 2 aromatic carbocycles. The summed E-state index contributed by atoms with van der Waals surface area (Å²) in [6.07, 6.45) is 0.887. The standard InChI is InChI=1S/C23H30N4O6S/c1-3-10-24-22(28)16-26-11-13-27(14-12-26)17-4-9-21(20(15-17)23(29)30)25-34(31,32)19-7-5-18(33-2)6-8-19/h4-9,15,25H,3,10-14,16H2,1-2H3,(H,24,28)(H,29,30). The molecule has 0 atom stereocenters. The van der Waals surface area contributed by atoms with Gasteiger partial charge in [-0.25, -0.2) is 13.2 Å². The molecule has 0 aromatic heterocycles. The van der Waals surface area contributed by atoms with Crippen LogP contribution in [-0.2, 0) is 14.8 Å². The molecule has 2 aromatic rings. The lowest BCUT2D eigenvalue weighted by Gasteiger charge is -2.36. The summed E-state index contributed by atoms with van der Waals surface area (Å²) < 4.78 is 32.9. The number of carboxylic acids is 1. The Labute approximate surface area is 199 Å². The van der Waals surface area contributed by atoms with E-state index in [4.69, 9.17) is 4.74 Å². The molecule has 1 aliphatic rings. The number of carbonyl (C=O) groups is 2. The van der Waals surface area contributed by atoms with E-state index in [9.17, 15) is 23.1 Å². The van der Waals surface area contributed by atoms with Crippen LogP contribution in [0.1, 0.15) is 23.7 Å². The Morgan fingerprint density at radius 1 is 1.06 bits per heavy atom. The van der Waals surface area contributed by atoms with Crippen molar-refractivity contribution in [2.75, 3.05) is 56.0 Å². The van der Waals surface area contributed by atoms with Gasteiger partial charge in [0.05, 0.1) is 29.8 Å². The van der Waals surface area contributed by atoms with Gasteiger partial charge in [0.1, 0.15) is 5.75 Å². The number of hydrogen-bond acceptors (Lipinski definition) is 7. The van der Waals surface area contributed by atoms with Crippen molar-refractivity contribution in [2.24, 2.45) is 0 Å². The number of carboxylic acid groups (broad SMARTS) is 1. The molecule has 11 heteroatoms. The van der Waals surface area contributed by atoms with E-state index in [0.717, 1.165) is 6.42 Å². The molecule has 0 saturated carbocycles. The molecular weight excluding hydrogens is 460 g/mol. The first kappa shape index (κ1) is 25.3. The van der Waals surface area contributed by atoms with Crippen molar-refractivity contribution in [3.63, 3.8) is 0 Å². The number of amides is 1. The van der Waals surface area contributed by atoms with Gasteiger partial charge in [-0.15, -0.1) is 0 Å². The van der Waals surface area contributed by atoms with Crippen molar-refractivity contribution in [1.82, 2.24) is 10.2 Å². The second kappa shape index (κ2) is 11.2. The van der Waals surface area contributed by atoms with Gasteiger partial charge in [-0.1, -0.05) is 6.92 Å². The molecule has 0 unspecified atom stereocenters. The van der Waals surface area contributed by atoms with Crippen molar-refractivity contribution in [3.8, 4) is 5.75 Å². The van der Waals surface area contributed by atoms with E-state index < -0.39 is 16.0 Å². The van der Waals surface area contributed by atoms with Gasteiger partial charge in [0.15, 0.2) is 0 Å². The fourth-order valence-corrected chi connectivity index (χ4v) is 4.72. The lowest BCUT2D eigenvalue weighted by molar-refractivity contribution is -0.122. The number of methoxy groups -OCH3 is 1. The molecule has 184 valence electrons. The van der Waals surface area contributed by atoms with Gasteiger partial charge in [0.2, 0.25) is 5.91 Å². The second-order valence-corrected chi connectivity index (χ2v) is 9.61. The predicted molar refractivity (Wildman–Crippen MR) is 129 cm³/mol. The monoisotopic (exact) mass is 490 g/mol. The third-order valence-corrected chi connectivity index (χ3v) is 6.91. The smallest absolute Gasteiger partial charge is 0.337 e. The van der Waals surface area contributed by atoms with Crippen LogP contribution in [0.5, 0.6) is 5.75 Å². The summed E-state index contributed by atoms with van der Waals surface area (Å²) in [5, 5.41) is 12.6. The summed E-state index contributed by atoms with van der Waals surface area (Å²) in [7, 11) is -2.51. The van der Waals surface area contributed by atoms with Gasteiger partial charge in [-0.05, 0) is 48.9 Å². The van der Waals surface area contributed by atoms with Gasteiger partial charge in [-0.2, -0.15) is 0 Å². The molecular formula is C23H30N4O6S. The number of carbonyl (C=O) groups excluding carboxylic acids is 1. The van der Waals surface area contributed by atoms with Gasteiger partial charge in [0, 0.05) is 38.4 Å². The Morgan fingerprint density at radius 2 is 1.74 bits per heavy atom. The number of nitrogens with zero attached hydrogens (tertiary/aromatic N) is 2. The molecule has 1 aliphatic heterocycles. The summed E-state index contributed by atoms with van der Waals surface area (Å²) in [5.74, 6) is -0.728. The van der Waals surface area contributed by atoms with E-state index in [1.54, 1.807) is 6.07 Å². The number of rotatable bonds is 10. The van der Waals surface area contributed by atoms with E-state index >= 15 is 0 Å². The van der Waals surface area contributed by atoms with Gasteiger partial charge >= 0.3 is 5.97 Å². The molecule has 3 rings (SSSR count). The number of ether oxygens (including phenoxy) is 1. The van der Waals surface area contributed by atoms with Gasteiger partial charge in [-0.3, -0.25) is 14.4 Å². The number of piperazine rings is 1. The fraction of sp³-hybridized carbons (Fsp3) is 0.391. The molecule has 34 heavy (non-hydrogen) atoms. The second-order valence-electron chi connectivity index (χ2n) is 7.93. The summed E-state index contributed by atoms with van der Waals surface area (Å²) in [5.41, 5.74) is 0.522. The maximum Gasteiger partial charge on any atom is 0.337 e. The zero-order valence-corrected chi connectivity index (χ0v) is 20.1. The molecule has 0 aliphatic carbocycles. The van der Waals surface area contributed by atoms with Crippen LogP contribution in [-0.4, -0.2) is 76.7 Å². The van der Waals surface area contributed by atoms with Crippen LogP contribution in [0.2, 0.25) is 0 Å². The van der Waals surface area contributed by atoms with Crippen LogP contribution in [0, 0.1) is 0 Å². The molecule has 10 nitrogen and oxygen atoms in total. The minimum absolute atomic E-state index is 0.00281. The number of nitrogens with one attached hydrogen (secondary N) is 2. The molecule has 1 amide bonds. The molecule has 1 fully saturated rings. The predicted octanol–water partition coefficient (Wildman–Crippen LogP) is 1.84. The molecule has 1 saturated heterocycles. The lowest BCUT2D eigenvalue weighted by Crippen LogP contribution is -2.49. The van der Waals surface area contributed by atoms with Gasteiger partial charge < -0.3 is 20.1 Å². The third kappa shape index (κ3) is 6.39. The Bertz CT molecular complexity index is 1110. The highest BCUT2D eigenvalue weighted by atomic mass is 32.2. The van der Waals surface area contributed by atoms with E-state index in [2.05, 4.69) is 14.9 Å². The van der Waals surface area contributed by atoms with Crippen molar-refractivity contribution in [3.05, 3.63) is 48.0 Å². The third-order valence-electron chi connectivity index (χ3n) is 5.52. The highest BCUT2D eigenvalue weighted by Crippen LogP contribution is 2.27. The molecule has 3 N–H and O–H groups in total. The largest absolute Gasteiger partial charge is 0.497 e. The van der Waals surface area contributed by atoms with Crippen molar-refractivity contribution in [2.45, 2.75) is 18.2 Å². The molecule has 0 bridgehead atoms. The van der Waals surface area contributed by atoms with E-state index in [0.29, 0.717) is 50.7 Å². The SMILES string of the molecule is CCCNC(=O)CN1CCN(c2ccc(NS(=O)(=O)c3ccc(OC)cc3)c(C(=O)O)c2)CC1. The van der Waals surface area contributed by atoms with Crippen LogP contribution in [0.3, 0.4) is 0 Å². The number of sulfonamides is 1. The summed E-state index contributed by atoms with van der Waals surface area (Å²) >= 11 is 0. The maximum absolute atomic E-state index is 12.8. The zero-order chi connectivity index (χ0) is 24.7. The van der Waals surface area contributed by atoms with E-state index in [1.165, 1.54) is 43.5 Å². The highest BCUT2D eigenvalue weighted by molar-refractivity contribution is 7.92. The average Bonchev–Trinajstić information content (AvgIpc) is 2.83. The van der Waals surface area contributed by atoms with E-state index in [1.807, 2.05) is 11.8 Å². The lowest BCUT2D eigenvalue weighted by atomic mass is 10.1. The quantitative estimate of drug-likeness (QED) is 0.460.